The van der Waals surface area contributed by atoms with E-state index in [1.807, 2.05) is 0 Å². The molecule has 1 aromatic rings. The van der Waals surface area contributed by atoms with Crippen molar-refractivity contribution < 1.29 is 19.6 Å². The van der Waals surface area contributed by atoms with Crippen molar-refractivity contribution in [3.05, 3.63) is 44.3 Å². The number of nitro groups is 1. The van der Waals surface area contributed by atoms with Gasteiger partial charge in [0.2, 0.25) is 0 Å². The van der Waals surface area contributed by atoms with Crippen molar-refractivity contribution in [2.24, 2.45) is 5.11 Å². The van der Waals surface area contributed by atoms with Gasteiger partial charge in [-0.25, -0.2) is 4.79 Å². The molecule has 0 aliphatic heterocycles. The highest BCUT2D eigenvalue weighted by Gasteiger charge is 2.17. The van der Waals surface area contributed by atoms with Gasteiger partial charge in [0.25, 0.3) is 5.69 Å². The van der Waals surface area contributed by atoms with Gasteiger partial charge in [-0.1, -0.05) is 5.11 Å². The molecule has 0 aliphatic carbocycles. The van der Waals surface area contributed by atoms with Crippen LogP contribution in [0.25, 0.3) is 10.4 Å². The van der Waals surface area contributed by atoms with Crippen molar-refractivity contribution in [3.63, 3.8) is 0 Å². The van der Waals surface area contributed by atoms with E-state index in [4.69, 9.17) is 15.4 Å². The molecule has 0 fully saturated rings. The molecule has 0 amide bonds. The van der Waals surface area contributed by atoms with E-state index >= 15 is 0 Å². The van der Waals surface area contributed by atoms with Crippen LogP contribution in [0.2, 0.25) is 0 Å². The van der Waals surface area contributed by atoms with E-state index in [-0.39, 0.29) is 23.5 Å². The molecule has 0 aliphatic rings. The molecule has 100 valence electrons. The van der Waals surface area contributed by atoms with Crippen LogP contribution >= 0.6 is 0 Å². The van der Waals surface area contributed by atoms with E-state index in [9.17, 15) is 14.9 Å². The Morgan fingerprint density at radius 3 is 2.89 bits per heavy atom. The molecule has 0 aromatic heterocycles. The number of hydrogen-bond donors (Lipinski definition) is 1. The average molecular weight is 266 g/mol. The van der Waals surface area contributed by atoms with Crippen LogP contribution in [-0.2, 0) is 11.3 Å². The largest absolute Gasteiger partial charge is 0.479 e. The molecule has 19 heavy (non-hydrogen) atoms. The zero-order chi connectivity index (χ0) is 14.4. The molecular weight excluding hydrogens is 256 g/mol. The van der Waals surface area contributed by atoms with E-state index in [1.165, 1.54) is 25.1 Å². The third-order valence-corrected chi connectivity index (χ3v) is 2.21. The van der Waals surface area contributed by atoms with Crippen molar-refractivity contribution in [2.45, 2.75) is 19.6 Å². The summed E-state index contributed by atoms with van der Waals surface area (Å²) in [6, 6.07) is 3.64. The number of carboxylic acids is 1. The summed E-state index contributed by atoms with van der Waals surface area (Å²) in [7, 11) is 0. The van der Waals surface area contributed by atoms with E-state index in [0.29, 0.717) is 0 Å². The predicted octanol–water partition coefficient (Wildman–Crippen LogP) is 2.26. The number of benzene rings is 1. The molecule has 0 saturated carbocycles. The van der Waals surface area contributed by atoms with Gasteiger partial charge < -0.3 is 9.84 Å². The quantitative estimate of drug-likeness (QED) is 0.276. The molecule has 0 radical (unpaired) electrons. The maximum atomic E-state index is 10.7. The molecule has 9 nitrogen and oxygen atoms in total. The van der Waals surface area contributed by atoms with Gasteiger partial charge in [0, 0.05) is 22.6 Å². The Morgan fingerprint density at radius 2 is 2.37 bits per heavy atom. The smallest absolute Gasteiger partial charge is 0.344 e. The predicted molar refractivity (Wildman–Crippen MR) is 63.7 cm³/mol. The first-order valence-electron chi connectivity index (χ1n) is 5.13. The second-order valence-corrected chi connectivity index (χ2v) is 3.54. The lowest BCUT2D eigenvalue weighted by Crippen LogP contribution is -2.23. The number of hydrogen-bond acceptors (Lipinski definition) is 5. The minimum atomic E-state index is -1.17. The van der Waals surface area contributed by atoms with Crippen LogP contribution in [0.1, 0.15) is 12.5 Å². The lowest BCUT2D eigenvalue weighted by molar-refractivity contribution is -0.384. The first-order valence-corrected chi connectivity index (χ1v) is 5.13. The number of rotatable bonds is 6. The standard InChI is InChI=1S/C10H10N4O5/c1-6(10(15)16)19-9-3-2-8(14(17)18)4-7(9)5-12-13-11/h2-4,6H,5H2,1H3,(H,15,16). The van der Waals surface area contributed by atoms with Crippen molar-refractivity contribution in [2.75, 3.05) is 0 Å². The van der Waals surface area contributed by atoms with Crippen LogP contribution in [0, 0.1) is 10.1 Å². The van der Waals surface area contributed by atoms with Gasteiger partial charge in [0.15, 0.2) is 6.10 Å². The summed E-state index contributed by atoms with van der Waals surface area (Å²) >= 11 is 0. The maximum Gasteiger partial charge on any atom is 0.344 e. The Hall–Kier alpha value is -2.80. The molecule has 1 aromatic carbocycles. The number of nitro benzene ring substituents is 1. The Kier molecular flexibility index (Phi) is 4.67. The maximum absolute atomic E-state index is 10.7. The highest BCUT2D eigenvalue weighted by atomic mass is 16.6. The van der Waals surface area contributed by atoms with Crippen LogP contribution in [0.5, 0.6) is 5.75 Å². The highest BCUT2D eigenvalue weighted by molar-refractivity contribution is 5.72. The number of nitrogens with zero attached hydrogens (tertiary/aromatic N) is 4. The van der Waals surface area contributed by atoms with Crippen LogP contribution in [0.3, 0.4) is 0 Å². The molecular formula is C10H10N4O5. The fourth-order valence-corrected chi connectivity index (χ4v) is 1.27. The normalized spacial score (nSPS) is 11.2. The Labute approximate surface area is 107 Å². The van der Waals surface area contributed by atoms with E-state index in [2.05, 4.69) is 10.0 Å². The fourth-order valence-electron chi connectivity index (χ4n) is 1.27. The highest BCUT2D eigenvalue weighted by Crippen LogP contribution is 2.26. The molecule has 1 atom stereocenters. The van der Waals surface area contributed by atoms with Gasteiger partial charge in [-0.3, -0.25) is 10.1 Å². The van der Waals surface area contributed by atoms with Crippen LogP contribution in [-0.4, -0.2) is 22.1 Å². The Bertz CT molecular complexity index is 553. The Balaban J connectivity index is 3.11. The number of ether oxygens (including phenoxy) is 1. The van der Waals surface area contributed by atoms with E-state index < -0.39 is 17.0 Å². The topological polar surface area (TPSA) is 138 Å². The van der Waals surface area contributed by atoms with Gasteiger partial charge in [-0.05, 0) is 18.5 Å². The van der Waals surface area contributed by atoms with E-state index in [0.717, 1.165) is 0 Å². The summed E-state index contributed by atoms with van der Waals surface area (Å²) in [5.41, 5.74) is 8.31. The number of carbonyl (C=O) groups is 1. The number of non-ortho nitro benzene ring substituents is 1. The molecule has 0 spiro atoms. The van der Waals surface area contributed by atoms with Crippen molar-refractivity contribution in [3.8, 4) is 5.75 Å². The van der Waals surface area contributed by atoms with Crippen LogP contribution < -0.4 is 4.74 Å². The van der Waals surface area contributed by atoms with Gasteiger partial charge >= 0.3 is 5.97 Å². The minimum Gasteiger partial charge on any atom is -0.479 e. The number of carboxylic acid groups (broad SMARTS) is 1. The zero-order valence-corrected chi connectivity index (χ0v) is 9.89. The molecule has 1 N–H and O–H groups in total. The molecule has 0 heterocycles. The van der Waals surface area contributed by atoms with Gasteiger partial charge in [0.1, 0.15) is 5.75 Å². The summed E-state index contributed by atoms with van der Waals surface area (Å²) in [5.74, 6) is -1.04. The lowest BCUT2D eigenvalue weighted by Gasteiger charge is -2.13. The third kappa shape index (κ3) is 3.86. The summed E-state index contributed by atoms with van der Waals surface area (Å²) in [5, 5.41) is 22.7. The van der Waals surface area contributed by atoms with Gasteiger partial charge in [-0.2, -0.15) is 0 Å². The summed E-state index contributed by atoms with van der Waals surface area (Å²) in [6.07, 6.45) is -1.12. The van der Waals surface area contributed by atoms with Crippen molar-refractivity contribution >= 4 is 11.7 Å². The van der Waals surface area contributed by atoms with Crippen molar-refractivity contribution in [1.82, 2.24) is 0 Å². The summed E-state index contributed by atoms with van der Waals surface area (Å²) in [6.45, 7) is 1.15. The second kappa shape index (κ2) is 6.22. The lowest BCUT2D eigenvalue weighted by atomic mass is 10.1. The van der Waals surface area contributed by atoms with Crippen molar-refractivity contribution in [1.29, 1.82) is 0 Å². The van der Waals surface area contributed by atoms with Gasteiger partial charge in [-0.15, -0.1) is 0 Å². The molecule has 9 heteroatoms. The first-order chi connectivity index (χ1) is 8.95. The second-order valence-electron chi connectivity index (χ2n) is 3.54. The fraction of sp³-hybridized carbons (Fsp3) is 0.300. The van der Waals surface area contributed by atoms with Crippen LogP contribution in [0.4, 0.5) is 5.69 Å². The third-order valence-electron chi connectivity index (χ3n) is 2.21. The molecule has 1 unspecified atom stereocenters. The summed E-state index contributed by atoms with van der Waals surface area (Å²) in [4.78, 5) is 23.3. The monoisotopic (exact) mass is 266 g/mol. The molecule has 1 rings (SSSR count). The average Bonchev–Trinajstić information content (AvgIpc) is 2.37. The Morgan fingerprint density at radius 1 is 1.68 bits per heavy atom. The molecule has 0 saturated heterocycles. The molecule has 0 bridgehead atoms. The number of azide groups is 1. The minimum absolute atomic E-state index is 0.132. The SMILES string of the molecule is CC(Oc1ccc([N+](=O)[O-])cc1CN=[N+]=[N-])C(=O)O. The first kappa shape index (κ1) is 14.3. The van der Waals surface area contributed by atoms with E-state index in [1.54, 1.807) is 0 Å². The zero-order valence-electron chi connectivity index (χ0n) is 9.89. The number of aliphatic carboxylic acids is 1. The van der Waals surface area contributed by atoms with Crippen LogP contribution in [0.15, 0.2) is 23.3 Å². The van der Waals surface area contributed by atoms with Gasteiger partial charge in [0.05, 0.1) is 11.5 Å². The summed E-state index contributed by atoms with van der Waals surface area (Å²) < 4.78 is 5.13.